The summed E-state index contributed by atoms with van der Waals surface area (Å²) in [6, 6.07) is 8.47. The van der Waals surface area contributed by atoms with Crippen LogP contribution in [0.3, 0.4) is 0 Å². The van der Waals surface area contributed by atoms with E-state index >= 15 is 0 Å². The van der Waals surface area contributed by atoms with Gasteiger partial charge in [0.1, 0.15) is 0 Å². The molecule has 5 heteroatoms. The first kappa shape index (κ1) is 13.2. The van der Waals surface area contributed by atoms with E-state index in [0.717, 1.165) is 35.3 Å². The number of piperidine rings is 1. The number of rotatable bonds is 2. The van der Waals surface area contributed by atoms with Crippen LogP contribution in [-0.2, 0) is 0 Å². The predicted molar refractivity (Wildman–Crippen MR) is 89.0 cm³/mol. The fourth-order valence-electron chi connectivity index (χ4n) is 3.65. The number of benzene rings is 1. The van der Waals surface area contributed by atoms with Gasteiger partial charge in [0.05, 0.1) is 35.2 Å². The number of fused-ring (bicyclic) bond motifs is 1. The molecule has 1 aromatic carbocycles. The first-order valence-electron chi connectivity index (χ1n) is 8.33. The summed E-state index contributed by atoms with van der Waals surface area (Å²) < 4.78 is 2.13. The van der Waals surface area contributed by atoms with Crippen molar-refractivity contribution in [1.82, 2.24) is 25.1 Å². The van der Waals surface area contributed by atoms with Crippen molar-refractivity contribution in [3.63, 3.8) is 0 Å². The molecule has 1 saturated carbocycles. The van der Waals surface area contributed by atoms with E-state index in [4.69, 9.17) is 4.98 Å². The number of hydrogen-bond donors (Lipinski definition) is 1. The Morgan fingerprint density at radius 2 is 2.00 bits per heavy atom. The number of nitrogens with zero attached hydrogens (tertiary/aromatic N) is 4. The second kappa shape index (κ2) is 4.86. The molecule has 3 heterocycles. The van der Waals surface area contributed by atoms with E-state index in [1.807, 2.05) is 36.7 Å². The molecular formula is C18H19N5. The molecule has 2 aliphatic rings. The Balaban J connectivity index is 1.45. The molecule has 1 aliphatic heterocycles. The maximum atomic E-state index is 4.72. The lowest BCUT2D eigenvalue weighted by molar-refractivity contribution is 0.271. The predicted octanol–water partition coefficient (Wildman–Crippen LogP) is 2.95. The summed E-state index contributed by atoms with van der Waals surface area (Å²) in [6.45, 7) is 1.09. The zero-order valence-corrected chi connectivity index (χ0v) is 12.9. The average Bonchev–Trinajstić information content (AvgIpc) is 3.15. The smallest absolute Gasteiger partial charge is 0.0924 e. The summed E-state index contributed by atoms with van der Waals surface area (Å²) >= 11 is 0. The molecule has 1 unspecified atom stereocenters. The molecule has 1 spiro atoms. The van der Waals surface area contributed by atoms with E-state index in [-0.39, 0.29) is 0 Å². The van der Waals surface area contributed by atoms with Crippen molar-refractivity contribution in [1.29, 1.82) is 0 Å². The molecule has 1 saturated heterocycles. The highest BCUT2D eigenvalue weighted by Crippen LogP contribution is 2.45. The average molecular weight is 305 g/mol. The number of aromatic nitrogens is 4. The topological polar surface area (TPSA) is 55.6 Å². The Hall–Kier alpha value is -2.27. The number of hydrogen-bond acceptors (Lipinski definition) is 4. The van der Waals surface area contributed by atoms with Crippen LogP contribution in [0, 0.1) is 0 Å². The first-order valence-corrected chi connectivity index (χ1v) is 8.33. The quantitative estimate of drug-likeness (QED) is 0.791. The lowest BCUT2D eigenvalue weighted by Gasteiger charge is -2.30. The van der Waals surface area contributed by atoms with Gasteiger partial charge in [0.15, 0.2) is 0 Å². The van der Waals surface area contributed by atoms with Crippen LogP contribution in [0.25, 0.3) is 22.3 Å². The van der Waals surface area contributed by atoms with Gasteiger partial charge in [0.25, 0.3) is 0 Å². The zero-order valence-electron chi connectivity index (χ0n) is 12.9. The van der Waals surface area contributed by atoms with Crippen molar-refractivity contribution in [3.05, 3.63) is 42.9 Å². The van der Waals surface area contributed by atoms with Gasteiger partial charge in [-0.15, -0.1) is 0 Å². The molecule has 1 atom stereocenters. The highest BCUT2D eigenvalue weighted by atomic mass is 15.3. The molecule has 1 N–H and O–H groups in total. The molecule has 1 aliphatic carbocycles. The van der Waals surface area contributed by atoms with Crippen molar-refractivity contribution in [2.75, 3.05) is 6.54 Å². The van der Waals surface area contributed by atoms with Crippen LogP contribution < -0.4 is 5.32 Å². The molecule has 2 fully saturated rings. The molecule has 0 radical (unpaired) electrons. The summed E-state index contributed by atoms with van der Waals surface area (Å²) in [4.78, 5) is 9.22. The molecule has 5 rings (SSSR count). The van der Waals surface area contributed by atoms with Gasteiger partial charge in [-0.1, -0.05) is 12.1 Å². The molecule has 2 aromatic heterocycles. The van der Waals surface area contributed by atoms with Gasteiger partial charge < -0.3 is 5.32 Å². The summed E-state index contributed by atoms with van der Waals surface area (Å²) in [5, 5.41) is 8.28. The van der Waals surface area contributed by atoms with Crippen molar-refractivity contribution >= 4 is 11.0 Å². The van der Waals surface area contributed by atoms with Gasteiger partial charge in [0.2, 0.25) is 0 Å². The number of para-hydroxylation sites is 2. The van der Waals surface area contributed by atoms with E-state index in [1.54, 1.807) is 0 Å². The van der Waals surface area contributed by atoms with E-state index in [0.29, 0.717) is 11.6 Å². The summed E-state index contributed by atoms with van der Waals surface area (Å²) in [5.41, 5.74) is 4.21. The Morgan fingerprint density at radius 1 is 1.13 bits per heavy atom. The Kier molecular flexibility index (Phi) is 2.79. The standard InChI is InChI=1S/C18H19N5/c1-2-4-16-15(3-1)19-11-17(22-16)13-10-21-23(12-13)14-5-8-20-18(9-14)6-7-18/h1-4,10-12,14,20H,5-9H2. The van der Waals surface area contributed by atoms with Gasteiger partial charge in [-0.05, 0) is 44.4 Å². The third kappa shape index (κ3) is 2.32. The van der Waals surface area contributed by atoms with Gasteiger partial charge in [0, 0.05) is 17.3 Å². The van der Waals surface area contributed by atoms with Gasteiger partial charge in [-0.3, -0.25) is 9.67 Å². The zero-order chi connectivity index (χ0) is 15.3. The van der Waals surface area contributed by atoms with Crippen LogP contribution in [0.2, 0.25) is 0 Å². The third-order valence-corrected chi connectivity index (χ3v) is 5.18. The fraction of sp³-hybridized carbons (Fsp3) is 0.389. The van der Waals surface area contributed by atoms with Crippen molar-refractivity contribution < 1.29 is 0 Å². The van der Waals surface area contributed by atoms with Crippen LogP contribution in [0.1, 0.15) is 31.7 Å². The van der Waals surface area contributed by atoms with Crippen molar-refractivity contribution in [3.8, 4) is 11.3 Å². The molecule has 116 valence electrons. The highest BCUT2D eigenvalue weighted by Gasteiger charge is 2.46. The second-order valence-electron chi connectivity index (χ2n) is 6.81. The van der Waals surface area contributed by atoms with Gasteiger partial charge in [-0.25, -0.2) is 4.98 Å². The normalized spacial score (nSPS) is 22.5. The Labute approximate surface area is 134 Å². The van der Waals surface area contributed by atoms with E-state index < -0.39 is 0 Å². The Bertz CT molecular complexity index is 864. The summed E-state index contributed by atoms with van der Waals surface area (Å²) in [5.74, 6) is 0. The number of nitrogens with one attached hydrogen (secondary N) is 1. The van der Waals surface area contributed by atoms with Crippen LogP contribution in [0.5, 0.6) is 0 Å². The maximum absolute atomic E-state index is 4.72. The highest BCUT2D eigenvalue weighted by molar-refractivity contribution is 5.76. The van der Waals surface area contributed by atoms with Crippen molar-refractivity contribution in [2.24, 2.45) is 0 Å². The SMILES string of the molecule is c1ccc2nc(-c3cnn(C4CCNC5(CC5)C4)c3)cnc2c1. The van der Waals surface area contributed by atoms with Gasteiger partial charge in [-0.2, -0.15) is 5.10 Å². The largest absolute Gasteiger partial charge is 0.311 e. The minimum atomic E-state index is 0.414. The van der Waals surface area contributed by atoms with Crippen LogP contribution in [0.15, 0.2) is 42.9 Å². The minimum absolute atomic E-state index is 0.414. The lowest BCUT2D eigenvalue weighted by Crippen LogP contribution is -2.40. The van der Waals surface area contributed by atoms with E-state index in [1.165, 1.54) is 19.3 Å². The Morgan fingerprint density at radius 3 is 2.87 bits per heavy atom. The monoisotopic (exact) mass is 305 g/mol. The molecule has 3 aromatic rings. The van der Waals surface area contributed by atoms with Gasteiger partial charge >= 0.3 is 0 Å². The minimum Gasteiger partial charge on any atom is -0.311 e. The maximum Gasteiger partial charge on any atom is 0.0924 e. The first-order chi connectivity index (χ1) is 11.3. The summed E-state index contributed by atoms with van der Waals surface area (Å²) in [6.07, 6.45) is 10.9. The molecule has 0 bridgehead atoms. The third-order valence-electron chi connectivity index (χ3n) is 5.18. The fourth-order valence-corrected chi connectivity index (χ4v) is 3.65. The molecule has 23 heavy (non-hydrogen) atoms. The van der Waals surface area contributed by atoms with Crippen LogP contribution in [-0.4, -0.2) is 31.8 Å². The van der Waals surface area contributed by atoms with Crippen LogP contribution >= 0.6 is 0 Å². The van der Waals surface area contributed by atoms with E-state index in [9.17, 15) is 0 Å². The van der Waals surface area contributed by atoms with Crippen molar-refractivity contribution in [2.45, 2.75) is 37.3 Å². The second-order valence-corrected chi connectivity index (χ2v) is 6.81. The molecular weight excluding hydrogens is 286 g/mol. The lowest BCUT2D eigenvalue weighted by atomic mass is 9.98. The molecule has 0 amide bonds. The summed E-state index contributed by atoms with van der Waals surface area (Å²) in [7, 11) is 0. The molecule has 5 nitrogen and oxygen atoms in total. The van der Waals surface area contributed by atoms with E-state index in [2.05, 4.69) is 26.3 Å². The van der Waals surface area contributed by atoms with Crippen LogP contribution in [0.4, 0.5) is 0 Å².